The molecule has 3 heteroatoms. The fraction of sp³-hybridized carbons (Fsp3) is 0.462. The van der Waals surface area contributed by atoms with Crippen LogP contribution in [0.15, 0.2) is 18.2 Å². The number of carbonyl (C=O) groups excluding carboxylic acids is 1. The van der Waals surface area contributed by atoms with Crippen LogP contribution >= 0.6 is 0 Å². The number of anilines is 1. The highest BCUT2D eigenvalue weighted by Gasteiger charge is 2.27. The Hall–Kier alpha value is -1.51. The summed E-state index contributed by atoms with van der Waals surface area (Å²) in [6, 6.07) is 5.94. The molecule has 0 aliphatic heterocycles. The monoisotopic (exact) mass is 218 g/mol. The first-order valence-electron chi connectivity index (χ1n) is 5.73. The number of carbonyl (C=O) groups is 1. The highest BCUT2D eigenvalue weighted by Crippen LogP contribution is 2.26. The van der Waals surface area contributed by atoms with Gasteiger partial charge >= 0.3 is 0 Å². The molecule has 0 bridgehead atoms. The lowest BCUT2D eigenvalue weighted by Gasteiger charge is -2.35. The van der Waals surface area contributed by atoms with Gasteiger partial charge in [0.15, 0.2) is 0 Å². The number of nitrogen functional groups attached to an aromatic ring is 1. The maximum Gasteiger partial charge on any atom is 0.254 e. The molecule has 0 radical (unpaired) electrons. The Kier molecular flexibility index (Phi) is 2.86. The van der Waals surface area contributed by atoms with Crippen molar-refractivity contribution >= 4 is 11.6 Å². The zero-order chi connectivity index (χ0) is 11.7. The molecule has 0 aromatic heterocycles. The quantitative estimate of drug-likeness (QED) is 0.773. The zero-order valence-corrected chi connectivity index (χ0v) is 9.86. The summed E-state index contributed by atoms with van der Waals surface area (Å²) in [5.74, 6) is 0.0921. The summed E-state index contributed by atoms with van der Waals surface area (Å²) >= 11 is 0. The molecule has 1 amide bonds. The lowest BCUT2D eigenvalue weighted by atomic mass is 9.91. The summed E-state index contributed by atoms with van der Waals surface area (Å²) in [5, 5.41) is 0. The fourth-order valence-electron chi connectivity index (χ4n) is 2.02. The van der Waals surface area contributed by atoms with Gasteiger partial charge < -0.3 is 10.6 Å². The van der Waals surface area contributed by atoms with E-state index in [1.165, 1.54) is 6.42 Å². The molecule has 0 saturated heterocycles. The summed E-state index contributed by atoms with van der Waals surface area (Å²) in [7, 11) is 1.88. The minimum absolute atomic E-state index is 0.0921. The minimum atomic E-state index is 0.0921. The smallest absolute Gasteiger partial charge is 0.254 e. The summed E-state index contributed by atoms with van der Waals surface area (Å²) in [6.45, 7) is 1.90. The van der Waals surface area contributed by atoms with Crippen LogP contribution in [-0.4, -0.2) is 23.9 Å². The van der Waals surface area contributed by atoms with Crippen molar-refractivity contribution in [1.29, 1.82) is 0 Å². The molecule has 1 aromatic rings. The third-order valence-electron chi connectivity index (χ3n) is 3.55. The Morgan fingerprint density at radius 2 is 2.12 bits per heavy atom. The number of benzene rings is 1. The second-order valence-electron chi connectivity index (χ2n) is 4.52. The van der Waals surface area contributed by atoms with Crippen LogP contribution in [0, 0.1) is 6.92 Å². The van der Waals surface area contributed by atoms with E-state index < -0.39 is 0 Å². The third kappa shape index (κ3) is 1.77. The Labute approximate surface area is 96.2 Å². The van der Waals surface area contributed by atoms with Crippen LogP contribution in [0.4, 0.5) is 5.69 Å². The average Bonchev–Trinajstić information content (AvgIpc) is 2.18. The minimum Gasteiger partial charge on any atom is -0.398 e. The summed E-state index contributed by atoms with van der Waals surface area (Å²) in [6.07, 6.45) is 3.49. The van der Waals surface area contributed by atoms with E-state index >= 15 is 0 Å². The molecule has 1 fully saturated rings. The number of nitrogens with zero attached hydrogens (tertiary/aromatic N) is 1. The van der Waals surface area contributed by atoms with Crippen LogP contribution in [0.1, 0.15) is 35.2 Å². The largest absolute Gasteiger partial charge is 0.398 e. The van der Waals surface area contributed by atoms with E-state index in [0.717, 1.165) is 24.0 Å². The molecule has 1 aromatic carbocycles. The summed E-state index contributed by atoms with van der Waals surface area (Å²) in [4.78, 5) is 14.1. The maximum atomic E-state index is 12.2. The van der Waals surface area contributed by atoms with Crippen molar-refractivity contribution in [3.8, 4) is 0 Å². The Morgan fingerprint density at radius 3 is 2.69 bits per heavy atom. The zero-order valence-electron chi connectivity index (χ0n) is 9.86. The predicted octanol–water partition coefficient (Wildman–Crippen LogP) is 2.20. The SMILES string of the molecule is Cc1c(N)cccc1C(=O)N(C)C1CCC1. The molecule has 1 saturated carbocycles. The van der Waals surface area contributed by atoms with E-state index in [0.29, 0.717) is 11.7 Å². The van der Waals surface area contributed by atoms with Crippen molar-refractivity contribution in [3.05, 3.63) is 29.3 Å². The third-order valence-corrected chi connectivity index (χ3v) is 3.55. The van der Waals surface area contributed by atoms with E-state index in [2.05, 4.69) is 0 Å². The Morgan fingerprint density at radius 1 is 1.44 bits per heavy atom. The molecule has 0 heterocycles. The van der Waals surface area contributed by atoms with Gasteiger partial charge in [-0.1, -0.05) is 6.07 Å². The second kappa shape index (κ2) is 4.16. The van der Waals surface area contributed by atoms with Gasteiger partial charge in [0.2, 0.25) is 0 Å². The van der Waals surface area contributed by atoms with Crippen LogP contribution in [0.25, 0.3) is 0 Å². The first-order chi connectivity index (χ1) is 7.61. The highest BCUT2D eigenvalue weighted by molar-refractivity contribution is 5.97. The second-order valence-corrected chi connectivity index (χ2v) is 4.52. The first-order valence-corrected chi connectivity index (χ1v) is 5.73. The summed E-state index contributed by atoms with van der Waals surface area (Å²) in [5.41, 5.74) is 8.12. The van der Waals surface area contributed by atoms with Gasteiger partial charge in [-0.25, -0.2) is 0 Å². The molecule has 0 spiro atoms. The van der Waals surface area contributed by atoms with Gasteiger partial charge in [0.1, 0.15) is 0 Å². The van der Waals surface area contributed by atoms with Gasteiger partial charge in [0.05, 0.1) is 0 Å². The van der Waals surface area contributed by atoms with Gasteiger partial charge in [-0.15, -0.1) is 0 Å². The molecule has 2 rings (SSSR count). The topological polar surface area (TPSA) is 46.3 Å². The van der Waals surface area contributed by atoms with E-state index in [4.69, 9.17) is 5.73 Å². The first kappa shape index (κ1) is 11.0. The van der Waals surface area contributed by atoms with Crippen molar-refractivity contribution < 1.29 is 4.79 Å². The summed E-state index contributed by atoms with van der Waals surface area (Å²) < 4.78 is 0. The maximum absolute atomic E-state index is 12.2. The fourth-order valence-corrected chi connectivity index (χ4v) is 2.02. The lowest BCUT2D eigenvalue weighted by molar-refractivity contribution is 0.0651. The molecule has 16 heavy (non-hydrogen) atoms. The van der Waals surface area contributed by atoms with E-state index in [9.17, 15) is 4.79 Å². The molecule has 86 valence electrons. The van der Waals surface area contributed by atoms with Gasteiger partial charge in [0, 0.05) is 24.3 Å². The van der Waals surface area contributed by atoms with Crippen molar-refractivity contribution in [2.45, 2.75) is 32.2 Å². The van der Waals surface area contributed by atoms with Crippen molar-refractivity contribution in [2.24, 2.45) is 0 Å². The van der Waals surface area contributed by atoms with Crippen LogP contribution in [0.2, 0.25) is 0 Å². The van der Waals surface area contributed by atoms with Crippen LogP contribution in [0.5, 0.6) is 0 Å². The number of hydrogen-bond acceptors (Lipinski definition) is 2. The Balaban J connectivity index is 2.22. The number of hydrogen-bond donors (Lipinski definition) is 1. The van der Waals surface area contributed by atoms with Crippen molar-refractivity contribution in [1.82, 2.24) is 4.90 Å². The van der Waals surface area contributed by atoms with Gasteiger partial charge in [-0.2, -0.15) is 0 Å². The van der Waals surface area contributed by atoms with E-state index in [1.54, 1.807) is 0 Å². The molecular weight excluding hydrogens is 200 g/mol. The standard InChI is InChI=1S/C13H18N2O/c1-9-11(7-4-8-12(9)14)13(16)15(2)10-5-3-6-10/h4,7-8,10H,3,5-6,14H2,1-2H3. The highest BCUT2D eigenvalue weighted by atomic mass is 16.2. The molecule has 0 unspecified atom stereocenters. The lowest BCUT2D eigenvalue weighted by Crippen LogP contribution is -2.41. The van der Waals surface area contributed by atoms with Gasteiger partial charge in [0.25, 0.3) is 5.91 Å². The van der Waals surface area contributed by atoms with E-state index in [-0.39, 0.29) is 5.91 Å². The van der Waals surface area contributed by atoms with Gasteiger partial charge in [-0.3, -0.25) is 4.79 Å². The molecule has 0 atom stereocenters. The van der Waals surface area contributed by atoms with E-state index in [1.807, 2.05) is 37.1 Å². The molecule has 1 aliphatic rings. The van der Waals surface area contributed by atoms with Crippen LogP contribution in [0.3, 0.4) is 0 Å². The van der Waals surface area contributed by atoms with Crippen molar-refractivity contribution in [2.75, 3.05) is 12.8 Å². The predicted molar refractivity (Wildman–Crippen MR) is 65.3 cm³/mol. The average molecular weight is 218 g/mol. The molecular formula is C13H18N2O. The molecule has 2 N–H and O–H groups in total. The van der Waals surface area contributed by atoms with Crippen LogP contribution in [-0.2, 0) is 0 Å². The van der Waals surface area contributed by atoms with Gasteiger partial charge in [-0.05, 0) is 43.9 Å². The number of nitrogens with two attached hydrogens (primary N) is 1. The number of rotatable bonds is 2. The Bertz CT molecular complexity index is 410. The van der Waals surface area contributed by atoms with Crippen LogP contribution < -0.4 is 5.73 Å². The number of amides is 1. The molecule has 1 aliphatic carbocycles. The molecule has 3 nitrogen and oxygen atoms in total. The normalized spacial score (nSPS) is 15.6. The van der Waals surface area contributed by atoms with Crippen molar-refractivity contribution in [3.63, 3.8) is 0 Å².